The Morgan fingerprint density at radius 3 is 2.25 bits per heavy atom. The molecular weight excluding hydrogens is 164 g/mol. The van der Waals surface area contributed by atoms with Crippen molar-refractivity contribution in [2.45, 2.75) is 19.6 Å². The Bertz CT molecular complexity index is 206. The maximum absolute atomic E-state index is 10.6. The normalized spacial score (nSPS) is 10.2. The quantitative estimate of drug-likeness (QED) is 0.394. The minimum atomic E-state index is -1.50. The Labute approximate surface area is 69.6 Å². The van der Waals surface area contributed by atoms with Crippen LogP contribution in [0.4, 0.5) is 4.79 Å². The number of hydrogen-bond donors (Lipinski definition) is 1. The summed E-state index contributed by atoms with van der Waals surface area (Å²) in [5.74, 6) is -2.21. The Balaban J connectivity index is 4.11. The van der Waals surface area contributed by atoms with Crippen molar-refractivity contribution in [2.75, 3.05) is 0 Å². The molecule has 0 radical (unpaired) electrons. The molecule has 0 aromatic carbocycles. The van der Waals surface area contributed by atoms with Crippen LogP contribution in [0.25, 0.3) is 0 Å². The summed E-state index contributed by atoms with van der Waals surface area (Å²) in [7, 11) is 0. The molecule has 0 aliphatic heterocycles. The predicted octanol–water partition coefficient (Wildman–Crippen LogP) is 1.15. The van der Waals surface area contributed by atoms with Crippen LogP contribution in [0, 0.1) is 0 Å². The highest BCUT2D eigenvalue weighted by Crippen LogP contribution is 2.11. The molecule has 0 fully saturated rings. The molecule has 0 aromatic heterocycles. The number of ether oxygens (including phenoxy) is 2. The molecule has 0 aromatic rings. The van der Waals surface area contributed by atoms with Crippen LogP contribution in [0.2, 0.25) is 0 Å². The van der Waals surface area contributed by atoms with Crippen molar-refractivity contribution in [1.82, 2.24) is 0 Å². The third-order valence-corrected chi connectivity index (χ3v) is 0.846. The fourth-order valence-electron chi connectivity index (χ4n) is 0.515. The van der Waals surface area contributed by atoms with Gasteiger partial charge in [0.2, 0.25) is 0 Å². The molecule has 0 heterocycles. The highest BCUT2D eigenvalue weighted by molar-refractivity contribution is 5.81. The monoisotopic (exact) mass is 174 g/mol. The van der Waals surface area contributed by atoms with Crippen LogP contribution in [-0.2, 0) is 14.3 Å². The second-order valence-corrected chi connectivity index (χ2v) is 2.39. The van der Waals surface area contributed by atoms with Crippen LogP contribution >= 0.6 is 0 Å². The predicted molar refractivity (Wildman–Crippen MR) is 39.5 cm³/mol. The van der Waals surface area contributed by atoms with Crippen LogP contribution < -0.4 is 0 Å². The summed E-state index contributed by atoms with van der Waals surface area (Å²) in [6.07, 6.45) is -0.579. The maximum Gasteiger partial charge on any atom is 0.509 e. The van der Waals surface area contributed by atoms with E-state index in [1.807, 2.05) is 0 Å². The highest BCUT2D eigenvalue weighted by Gasteiger charge is 2.26. The zero-order chi connectivity index (χ0) is 9.78. The minimum absolute atomic E-state index is 0.735. The van der Waals surface area contributed by atoms with E-state index in [0.717, 1.165) is 6.08 Å². The van der Waals surface area contributed by atoms with Gasteiger partial charge in [-0.3, -0.25) is 0 Å². The van der Waals surface area contributed by atoms with E-state index in [4.69, 9.17) is 5.11 Å². The van der Waals surface area contributed by atoms with Gasteiger partial charge in [-0.15, -0.1) is 0 Å². The molecule has 0 saturated carbocycles. The lowest BCUT2D eigenvalue weighted by atomic mass is 10.4. The lowest BCUT2D eigenvalue weighted by Crippen LogP contribution is -2.32. The molecule has 0 aliphatic rings. The standard InChI is InChI=1S/C7H10O5/c1-4-5(8)11-7(2,3)12-6(9)10/h4H,1H2,2-3H3,(H,9,10). The van der Waals surface area contributed by atoms with Gasteiger partial charge in [0.05, 0.1) is 0 Å². The SMILES string of the molecule is C=CC(=O)OC(C)(C)OC(=O)O. The van der Waals surface area contributed by atoms with Crippen LogP contribution in [0.5, 0.6) is 0 Å². The van der Waals surface area contributed by atoms with Gasteiger partial charge < -0.3 is 14.6 Å². The van der Waals surface area contributed by atoms with Crippen molar-refractivity contribution in [3.8, 4) is 0 Å². The van der Waals surface area contributed by atoms with Gasteiger partial charge in [-0.05, 0) is 0 Å². The first kappa shape index (κ1) is 10.5. The number of rotatable bonds is 3. The number of hydrogen-bond acceptors (Lipinski definition) is 4. The van der Waals surface area contributed by atoms with E-state index >= 15 is 0 Å². The number of carbonyl (C=O) groups is 2. The molecule has 5 nitrogen and oxygen atoms in total. The lowest BCUT2D eigenvalue weighted by Gasteiger charge is -2.21. The summed E-state index contributed by atoms with van der Waals surface area (Å²) in [6.45, 7) is 5.76. The van der Waals surface area contributed by atoms with E-state index in [1.54, 1.807) is 0 Å². The van der Waals surface area contributed by atoms with Gasteiger partial charge in [0.15, 0.2) is 0 Å². The molecule has 0 aliphatic carbocycles. The molecular formula is C7H10O5. The second-order valence-electron chi connectivity index (χ2n) is 2.39. The van der Waals surface area contributed by atoms with Crippen LogP contribution in [0.1, 0.15) is 13.8 Å². The van der Waals surface area contributed by atoms with Crippen molar-refractivity contribution in [1.29, 1.82) is 0 Å². The summed E-state index contributed by atoms with van der Waals surface area (Å²) in [5.41, 5.74) is 0. The second kappa shape index (κ2) is 3.75. The molecule has 0 amide bonds. The zero-order valence-electron chi connectivity index (χ0n) is 6.86. The van der Waals surface area contributed by atoms with Gasteiger partial charge in [-0.25, -0.2) is 9.59 Å². The fraction of sp³-hybridized carbons (Fsp3) is 0.429. The van der Waals surface area contributed by atoms with Gasteiger partial charge in [0, 0.05) is 19.9 Å². The van der Waals surface area contributed by atoms with E-state index in [9.17, 15) is 9.59 Å². The van der Waals surface area contributed by atoms with Crippen molar-refractivity contribution in [3.63, 3.8) is 0 Å². The summed E-state index contributed by atoms with van der Waals surface area (Å²) >= 11 is 0. The smallest absolute Gasteiger partial charge is 0.450 e. The lowest BCUT2D eigenvalue weighted by molar-refractivity contribution is -0.193. The van der Waals surface area contributed by atoms with Crippen molar-refractivity contribution >= 4 is 12.1 Å². The number of carbonyl (C=O) groups excluding carboxylic acids is 1. The maximum atomic E-state index is 10.6. The average molecular weight is 174 g/mol. The molecule has 68 valence electrons. The van der Waals surface area contributed by atoms with Gasteiger partial charge in [0.25, 0.3) is 5.79 Å². The Morgan fingerprint density at radius 2 is 1.92 bits per heavy atom. The summed E-state index contributed by atoms with van der Waals surface area (Å²) in [5, 5.41) is 8.20. The number of esters is 1. The summed E-state index contributed by atoms with van der Waals surface area (Å²) < 4.78 is 8.77. The molecule has 5 heteroatoms. The molecule has 12 heavy (non-hydrogen) atoms. The first-order valence-corrected chi connectivity index (χ1v) is 3.15. The molecule has 0 bridgehead atoms. The van der Waals surface area contributed by atoms with E-state index < -0.39 is 17.9 Å². The molecule has 0 saturated heterocycles. The average Bonchev–Trinajstić information content (AvgIpc) is 1.83. The third kappa shape index (κ3) is 4.32. The van der Waals surface area contributed by atoms with Gasteiger partial charge in [0.1, 0.15) is 0 Å². The first-order chi connectivity index (χ1) is 5.37. The third-order valence-electron chi connectivity index (χ3n) is 0.846. The topological polar surface area (TPSA) is 72.8 Å². The molecule has 1 N–H and O–H groups in total. The van der Waals surface area contributed by atoms with Gasteiger partial charge in [-0.1, -0.05) is 6.58 Å². The largest absolute Gasteiger partial charge is 0.509 e. The molecule has 0 unspecified atom stereocenters. The summed E-state index contributed by atoms with van der Waals surface area (Å²) in [4.78, 5) is 20.6. The molecule has 0 atom stereocenters. The van der Waals surface area contributed by atoms with Gasteiger partial charge >= 0.3 is 12.1 Å². The van der Waals surface area contributed by atoms with Gasteiger partial charge in [-0.2, -0.15) is 0 Å². The molecule has 0 spiro atoms. The highest BCUT2D eigenvalue weighted by atomic mass is 16.8. The van der Waals surface area contributed by atoms with Crippen LogP contribution in [0.15, 0.2) is 12.7 Å². The van der Waals surface area contributed by atoms with E-state index in [1.165, 1.54) is 13.8 Å². The van der Waals surface area contributed by atoms with E-state index in [0.29, 0.717) is 0 Å². The van der Waals surface area contributed by atoms with Crippen molar-refractivity contribution in [2.24, 2.45) is 0 Å². The van der Waals surface area contributed by atoms with Crippen LogP contribution in [0.3, 0.4) is 0 Å². The van der Waals surface area contributed by atoms with Crippen molar-refractivity contribution < 1.29 is 24.2 Å². The minimum Gasteiger partial charge on any atom is -0.450 e. The zero-order valence-corrected chi connectivity index (χ0v) is 6.86. The Kier molecular flexibility index (Phi) is 3.28. The van der Waals surface area contributed by atoms with Crippen LogP contribution in [-0.4, -0.2) is 23.0 Å². The molecule has 0 rings (SSSR count). The van der Waals surface area contributed by atoms with E-state index in [2.05, 4.69) is 16.1 Å². The summed E-state index contributed by atoms with van der Waals surface area (Å²) in [6, 6.07) is 0. The Hall–Kier alpha value is -1.52. The first-order valence-electron chi connectivity index (χ1n) is 3.15. The Morgan fingerprint density at radius 1 is 1.42 bits per heavy atom. The number of carboxylic acid groups (broad SMARTS) is 1. The fourth-order valence-corrected chi connectivity index (χ4v) is 0.515. The van der Waals surface area contributed by atoms with E-state index in [-0.39, 0.29) is 0 Å². The van der Waals surface area contributed by atoms with Crippen molar-refractivity contribution in [3.05, 3.63) is 12.7 Å².